The van der Waals surface area contributed by atoms with Gasteiger partial charge in [-0.3, -0.25) is 0 Å². The second kappa shape index (κ2) is 3.71. The Bertz CT molecular complexity index is 474. The van der Waals surface area contributed by atoms with E-state index in [1.165, 1.54) is 12.1 Å². The molecule has 0 spiro atoms. The molecule has 2 heterocycles. The first-order chi connectivity index (χ1) is 7.89. The topological polar surface area (TPSA) is 9.23 Å². The highest BCUT2D eigenvalue weighted by Gasteiger charge is 2.51. The Hall–Kier alpha value is -0.0700. The van der Waals surface area contributed by atoms with E-state index in [2.05, 4.69) is 31.9 Å². The summed E-state index contributed by atoms with van der Waals surface area (Å²) in [5.74, 6) is 0. The molecule has 2 bridgehead atoms. The van der Waals surface area contributed by atoms with E-state index >= 15 is 0 Å². The van der Waals surface area contributed by atoms with Gasteiger partial charge in [0.15, 0.2) is 0 Å². The maximum Gasteiger partial charge on any atom is 0.416 e. The fraction of sp³-hybridized carbons (Fsp3) is 0.455. The van der Waals surface area contributed by atoms with Crippen LogP contribution in [0.25, 0.3) is 0 Å². The third-order valence-corrected chi connectivity index (χ3v) is 6.01. The average Bonchev–Trinajstić information content (AvgIpc) is 2.76. The normalized spacial score (nSPS) is 35.1. The summed E-state index contributed by atoms with van der Waals surface area (Å²) in [6.07, 6.45) is -4.74. The van der Waals surface area contributed by atoms with Crippen molar-refractivity contribution in [2.24, 2.45) is 0 Å². The zero-order valence-electron chi connectivity index (χ0n) is 8.34. The number of fused-ring (bicyclic) bond motifs is 5. The monoisotopic (exact) mass is 370 g/mol. The number of hydrogen-bond donors (Lipinski definition) is 0. The van der Waals surface area contributed by atoms with E-state index in [1.54, 1.807) is 0 Å². The third-order valence-electron chi connectivity index (χ3n) is 3.20. The minimum Gasteiger partial charge on any atom is -0.363 e. The van der Waals surface area contributed by atoms with Crippen LogP contribution in [0, 0.1) is 0 Å². The molecule has 1 saturated heterocycles. The first kappa shape index (κ1) is 12.0. The Morgan fingerprint density at radius 2 is 1.59 bits per heavy atom. The molecule has 2 aliphatic rings. The van der Waals surface area contributed by atoms with Crippen molar-refractivity contribution >= 4 is 31.9 Å². The summed E-state index contributed by atoms with van der Waals surface area (Å²) in [4.78, 5) is 0.125. The number of rotatable bonds is 0. The van der Waals surface area contributed by atoms with Crippen molar-refractivity contribution in [3.05, 3.63) is 34.9 Å². The van der Waals surface area contributed by atoms with Crippen molar-refractivity contribution in [3.8, 4) is 0 Å². The van der Waals surface area contributed by atoms with Gasteiger partial charge in [0.25, 0.3) is 0 Å². The van der Waals surface area contributed by atoms with Crippen molar-refractivity contribution < 1.29 is 17.9 Å². The molecule has 17 heavy (non-hydrogen) atoms. The summed E-state index contributed by atoms with van der Waals surface area (Å²) in [6, 6.07) is 3.84. The van der Waals surface area contributed by atoms with Gasteiger partial charge in [-0.2, -0.15) is 13.2 Å². The van der Waals surface area contributed by atoms with Crippen LogP contribution < -0.4 is 0 Å². The van der Waals surface area contributed by atoms with Crippen LogP contribution >= 0.6 is 31.9 Å². The van der Waals surface area contributed by atoms with E-state index in [9.17, 15) is 13.2 Å². The quantitative estimate of drug-likeness (QED) is 0.616. The predicted molar refractivity (Wildman–Crippen MR) is 63.4 cm³/mol. The van der Waals surface area contributed by atoms with Crippen LogP contribution in [0.4, 0.5) is 13.2 Å². The molecule has 0 unspecified atom stereocenters. The molecule has 0 amide bonds. The molecule has 1 fully saturated rings. The van der Waals surface area contributed by atoms with E-state index in [-0.39, 0.29) is 21.9 Å². The maximum absolute atomic E-state index is 12.6. The van der Waals surface area contributed by atoms with Crippen molar-refractivity contribution in [2.45, 2.75) is 28.0 Å². The minimum atomic E-state index is -4.30. The average molecular weight is 372 g/mol. The lowest BCUT2D eigenvalue weighted by molar-refractivity contribution is -0.137. The van der Waals surface area contributed by atoms with Gasteiger partial charge < -0.3 is 4.74 Å². The van der Waals surface area contributed by atoms with Gasteiger partial charge in [0.1, 0.15) is 0 Å². The molecule has 1 nitrogen and oxygen atoms in total. The number of alkyl halides is 5. The molecular formula is C11H7Br2F3O. The van der Waals surface area contributed by atoms with Gasteiger partial charge >= 0.3 is 6.18 Å². The van der Waals surface area contributed by atoms with Crippen LogP contribution in [-0.2, 0) is 10.9 Å². The second-order valence-electron chi connectivity index (χ2n) is 4.21. The number of ether oxygens (including phenoxy) is 1. The molecule has 0 aliphatic carbocycles. The van der Waals surface area contributed by atoms with Crippen LogP contribution in [0.15, 0.2) is 18.2 Å². The molecule has 92 valence electrons. The highest BCUT2D eigenvalue weighted by molar-refractivity contribution is 9.12. The summed E-state index contributed by atoms with van der Waals surface area (Å²) in [7, 11) is 0. The van der Waals surface area contributed by atoms with Gasteiger partial charge in [0.05, 0.1) is 27.4 Å². The summed E-state index contributed by atoms with van der Waals surface area (Å²) < 4.78 is 43.5. The molecule has 4 atom stereocenters. The van der Waals surface area contributed by atoms with Gasteiger partial charge in [-0.25, -0.2) is 0 Å². The summed E-state index contributed by atoms with van der Waals surface area (Å²) in [5.41, 5.74) is 0.904. The van der Waals surface area contributed by atoms with Crippen LogP contribution in [0.5, 0.6) is 0 Å². The lowest BCUT2D eigenvalue weighted by Crippen LogP contribution is -2.22. The highest BCUT2D eigenvalue weighted by atomic mass is 79.9. The zero-order chi connectivity index (χ0) is 12.4. The molecule has 1 aromatic rings. The van der Waals surface area contributed by atoms with Crippen molar-refractivity contribution in [1.29, 1.82) is 0 Å². The molecule has 0 aromatic heterocycles. The van der Waals surface area contributed by atoms with Crippen molar-refractivity contribution in [2.75, 3.05) is 0 Å². The zero-order valence-corrected chi connectivity index (χ0v) is 11.5. The Morgan fingerprint density at radius 1 is 1.00 bits per heavy atom. The fourth-order valence-corrected chi connectivity index (χ4v) is 3.76. The molecule has 2 aliphatic heterocycles. The van der Waals surface area contributed by atoms with E-state index in [0.29, 0.717) is 5.56 Å². The van der Waals surface area contributed by atoms with E-state index in [1.807, 2.05) is 0 Å². The molecule has 6 heteroatoms. The molecule has 0 saturated carbocycles. The third kappa shape index (κ3) is 1.68. The van der Waals surface area contributed by atoms with Crippen LogP contribution in [-0.4, -0.2) is 9.65 Å². The van der Waals surface area contributed by atoms with E-state index < -0.39 is 11.7 Å². The molecular weight excluding hydrogens is 365 g/mol. The van der Waals surface area contributed by atoms with Gasteiger partial charge in [0, 0.05) is 0 Å². The molecule has 0 radical (unpaired) electrons. The lowest BCUT2D eigenvalue weighted by Gasteiger charge is -2.22. The van der Waals surface area contributed by atoms with Gasteiger partial charge in [-0.05, 0) is 23.3 Å². The standard InChI is InChI=1S/C11H7Br2F3O/c12-7-8(13)10-6-3-4(11(14,15)16)1-2-5(6)9(7)17-10/h1-3,7-10H/t7-,8-,9-,10-/m1/s1. The summed E-state index contributed by atoms with van der Waals surface area (Å²) in [6.45, 7) is 0. The van der Waals surface area contributed by atoms with Crippen molar-refractivity contribution in [1.82, 2.24) is 0 Å². The predicted octanol–water partition coefficient (Wildman–Crippen LogP) is 4.36. The number of benzene rings is 1. The van der Waals surface area contributed by atoms with E-state index in [0.717, 1.165) is 11.6 Å². The first-order valence-electron chi connectivity index (χ1n) is 5.04. The summed E-state index contributed by atoms with van der Waals surface area (Å²) in [5, 5.41) is 0. The van der Waals surface area contributed by atoms with Crippen LogP contribution in [0.3, 0.4) is 0 Å². The maximum atomic E-state index is 12.6. The largest absolute Gasteiger partial charge is 0.416 e. The Labute approximate surface area is 113 Å². The van der Waals surface area contributed by atoms with Crippen LogP contribution in [0.2, 0.25) is 0 Å². The Morgan fingerprint density at radius 3 is 2.18 bits per heavy atom. The van der Waals surface area contributed by atoms with Crippen LogP contribution in [0.1, 0.15) is 28.9 Å². The van der Waals surface area contributed by atoms with Gasteiger partial charge in [-0.1, -0.05) is 37.9 Å². The Kier molecular flexibility index (Phi) is 2.62. The lowest BCUT2D eigenvalue weighted by atomic mass is 9.90. The molecule has 1 aromatic carbocycles. The second-order valence-corrected chi connectivity index (χ2v) is 6.32. The van der Waals surface area contributed by atoms with Crippen molar-refractivity contribution in [3.63, 3.8) is 0 Å². The fourth-order valence-electron chi connectivity index (χ4n) is 2.39. The Balaban J connectivity index is 2.08. The number of hydrogen-bond acceptors (Lipinski definition) is 1. The number of halogens is 5. The first-order valence-corrected chi connectivity index (χ1v) is 6.87. The molecule has 3 rings (SSSR count). The van der Waals surface area contributed by atoms with Gasteiger partial charge in [0.2, 0.25) is 0 Å². The van der Waals surface area contributed by atoms with E-state index in [4.69, 9.17) is 4.74 Å². The minimum absolute atomic E-state index is 0.0171. The highest BCUT2D eigenvalue weighted by Crippen LogP contribution is 2.56. The smallest absolute Gasteiger partial charge is 0.363 e. The SMILES string of the molecule is FC(F)(F)c1ccc2c(c1)[C@H]1O[C@H]2[C@H](Br)[C@H]1Br. The summed E-state index contributed by atoms with van der Waals surface area (Å²) >= 11 is 6.95. The van der Waals surface area contributed by atoms with Gasteiger partial charge in [-0.15, -0.1) is 0 Å². The molecule has 0 N–H and O–H groups in total.